The summed E-state index contributed by atoms with van der Waals surface area (Å²) in [7, 11) is 0. The molecule has 0 fully saturated rings. The van der Waals surface area contributed by atoms with Crippen molar-refractivity contribution >= 4 is 23.4 Å². The molecule has 2 aromatic carbocycles. The lowest BCUT2D eigenvalue weighted by Crippen LogP contribution is -2.06. The maximum atomic E-state index is 12.6. The van der Waals surface area contributed by atoms with Gasteiger partial charge in [-0.25, -0.2) is 0 Å². The Morgan fingerprint density at radius 3 is 2.43 bits per heavy atom. The summed E-state index contributed by atoms with van der Waals surface area (Å²) in [4.78, 5) is 0. The number of halogens is 4. The van der Waals surface area contributed by atoms with Crippen molar-refractivity contribution in [3.8, 4) is 0 Å². The molecule has 1 nitrogen and oxygen atoms in total. The summed E-state index contributed by atoms with van der Waals surface area (Å²) < 4.78 is 37.9. The quantitative estimate of drug-likeness (QED) is 0.788. The van der Waals surface area contributed by atoms with Crippen LogP contribution in [0.3, 0.4) is 0 Å². The third-order valence-electron chi connectivity index (χ3n) is 2.81. The van der Waals surface area contributed by atoms with Crippen molar-refractivity contribution in [2.24, 2.45) is 0 Å². The van der Waals surface area contributed by atoms with Crippen LogP contribution < -0.4 is 5.32 Å². The van der Waals surface area contributed by atoms with Crippen molar-refractivity contribution in [3.05, 3.63) is 70.8 Å². The SMILES string of the molecule is FC(F)(F)c1ccc(Cl)c(NCC=Cc2ccccc2)c1. The second-order valence-corrected chi connectivity index (χ2v) is 4.79. The zero-order valence-corrected chi connectivity index (χ0v) is 11.7. The molecule has 0 aliphatic rings. The van der Waals surface area contributed by atoms with Gasteiger partial charge in [0.2, 0.25) is 0 Å². The first-order valence-corrected chi connectivity index (χ1v) is 6.67. The van der Waals surface area contributed by atoms with Crippen molar-refractivity contribution in [2.75, 3.05) is 11.9 Å². The Bertz CT molecular complexity index is 621. The summed E-state index contributed by atoms with van der Waals surface area (Å²) in [6, 6.07) is 12.8. The molecule has 0 spiro atoms. The molecule has 0 atom stereocenters. The van der Waals surface area contributed by atoms with Gasteiger partial charge >= 0.3 is 6.18 Å². The summed E-state index contributed by atoms with van der Waals surface area (Å²) in [5, 5.41) is 3.14. The van der Waals surface area contributed by atoms with E-state index in [2.05, 4.69) is 5.32 Å². The Balaban J connectivity index is 2.01. The van der Waals surface area contributed by atoms with Gasteiger partial charge in [-0.05, 0) is 23.8 Å². The second kappa shape index (κ2) is 6.68. The van der Waals surface area contributed by atoms with E-state index in [-0.39, 0.29) is 10.7 Å². The van der Waals surface area contributed by atoms with E-state index in [0.29, 0.717) is 6.54 Å². The third kappa shape index (κ3) is 4.53. The highest BCUT2D eigenvalue weighted by Gasteiger charge is 2.30. The van der Waals surface area contributed by atoms with E-state index in [9.17, 15) is 13.2 Å². The fourth-order valence-corrected chi connectivity index (χ4v) is 1.95. The van der Waals surface area contributed by atoms with Gasteiger partial charge in [-0.3, -0.25) is 0 Å². The molecular formula is C16H13ClF3N. The third-order valence-corrected chi connectivity index (χ3v) is 3.14. The maximum absolute atomic E-state index is 12.6. The van der Waals surface area contributed by atoms with Crippen molar-refractivity contribution < 1.29 is 13.2 Å². The van der Waals surface area contributed by atoms with Crippen molar-refractivity contribution in [2.45, 2.75) is 6.18 Å². The van der Waals surface area contributed by atoms with E-state index in [1.165, 1.54) is 6.07 Å². The van der Waals surface area contributed by atoms with Gasteiger partial charge in [-0.1, -0.05) is 54.1 Å². The van der Waals surface area contributed by atoms with Gasteiger partial charge in [0.1, 0.15) is 0 Å². The van der Waals surface area contributed by atoms with Gasteiger partial charge in [0, 0.05) is 6.54 Å². The van der Waals surface area contributed by atoms with Crippen molar-refractivity contribution in [1.82, 2.24) is 0 Å². The molecular weight excluding hydrogens is 299 g/mol. The van der Waals surface area contributed by atoms with Gasteiger partial charge in [-0.2, -0.15) is 13.2 Å². The molecule has 2 aromatic rings. The highest BCUT2D eigenvalue weighted by Crippen LogP contribution is 2.33. The molecule has 0 saturated carbocycles. The predicted octanol–water partition coefficient (Wildman–Crippen LogP) is 5.48. The van der Waals surface area contributed by atoms with E-state index in [1.807, 2.05) is 42.5 Å². The molecule has 0 radical (unpaired) electrons. The van der Waals surface area contributed by atoms with Crippen LogP contribution in [0, 0.1) is 0 Å². The van der Waals surface area contributed by atoms with E-state index in [4.69, 9.17) is 11.6 Å². The van der Waals surface area contributed by atoms with Crippen LogP contribution in [0.4, 0.5) is 18.9 Å². The van der Waals surface area contributed by atoms with Gasteiger partial charge in [0.25, 0.3) is 0 Å². The number of alkyl halides is 3. The average Bonchev–Trinajstić information content (AvgIpc) is 2.45. The highest BCUT2D eigenvalue weighted by atomic mass is 35.5. The molecule has 0 aromatic heterocycles. The van der Waals surface area contributed by atoms with E-state index < -0.39 is 11.7 Å². The zero-order chi connectivity index (χ0) is 15.3. The van der Waals surface area contributed by atoms with Gasteiger partial charge < -0.3 is 5.32 Å². The summed E-state index contributed by atoms with van der Waals surface area (Å²) in [6.07, 6.45) is -0.665. The maximum Gasteiger partial charge on any atom is 0.416 e. The number of benzene rings is 2. The van der Waals surface area contributed by atoms with Crippen LogP contribution in [0.15, 0.2) is 54.6 Å². The van der Waals surface area contributed by atoms with Crippen LogP contribution >= 0.6 is 11.6 Å². The lowest BCUT2D eigenvalue weighted by molar-refractivity contribution is -0.137. The Kier molecular flexibility index (Phi) is 4.91. The van der Waals surface area contributed by atoms with Crippen LogP contribution in [0.2, 0.25) is 5.02 Å². The number of hydrogen-bond donors (Lipinski definition) is 1. The molecule has 0 amide bonds. The average molecular weight is 312 g/mol. The summed E-state index contributed by atoms with van der Waals surface area (Å²) >= 11 is 5.89. The van der Waals surface area contributed by atoms with E-state index in [0.717, 1.165) is 17.7 Å². The molecule has 0 saturated heterocycles. The number of rotatable bonds is 4. The van der Waals surface area contributed by atoms with Gasteiger partial charge in [-0.15, -0.1) is 0 Å². The molecule has 0 aliphatic heterocycles. The molecule has 2 rings (SSSR count). The Hall–Kier alpha value is -1.94. The fraction of sp³-hybridized carbons (Fsp3) is 0.125. The monoisotopic (exact) mass is 311 g/mol. The largest absolute Gasteiger partial charge is 0.416 e. The Morgan fingerprint density at radius 2 is 1.76 bits per heavy atom. The van der Waals surface area contributed by atoms with Crippen molar-refractivity contribution in [1.29, 1.82) is 0 Å². The normalized spacial score (nSPS) is 11.8. The molecule has 5 heteroatoms. The first kappa shape index (κ1) is 15.4. The molecule has 21 heavy (non-hydrogen) atoms. The van der Waals surface area contributed by atoms with Gasteiger partial charge in [0.05, 0.1) is 16.3 Å². The highest BCUT2D eigenvalue weighted by molar-refractivity contribution is 6.33. The summed E-state index contributed by atoms with van der Waals surface area (Å²) in [5.74, 6) is 0. The van der Waals surface area contributed by atoms with E-state index >= 15 is 0 Å². The smallest absolute Gasteiger partial charge is 0.380 e. The topological polar surface area (TPSA) is 12.0 Å². The van der Waals surface area contributed by atoms with E-state index in [1.54, 1.807) is 0 Å². The minimum atomic E-state index is -4.37. The zero-order valence-electron chi connectivity index (χ0n) is 11.0. The molecule has 1 N–H and O–H groups in total. The molecule has 0 heterocycles. The minimum absolute atomic E-state index is 0.260. The van der Waals surface area contributed by atoms with Crippen LogP contribution in [-0.4, -0.2) is 6.54 Å². The van der Waals surface area contributed by atoms with Crippen LogP contribution in [0.1, 0.15) is 11.1 Å². The molecule has 0 aliphatic carbocycles. The first-order valence-electron chi connectivity index (χ1n) is 6.29. The minimum Gasteiger partial charge on any atom is -0.380 e. The van der Waals surface area contributed by atoms with Crippen LogP contribution in [0.25, 0.3) is 6.08 Å². The number of hydrogen-bond acceptors (Lipinski definition) is 1. The summed E-state index contributed by atoms with van der Waals surface area (Å²) in [6.45, 7) is 0.385. The Morgan fingerprint density at radius 1 is 1.05 bits per heavy atom. The standard InChI is InChI=1S/C16H13ClF3N/c17-14-9-8-13(16(18,19)20)11-15(14)21-10-4-7-12-5-2-1-3-6-12/h1-9,11,21H,10H2. The van der Waals surface area contributed by atoms with Crippen LogP contribution in [-0.2, 0) is 6.18 Å². The summed E-state index contributed by atoms with van der Waals surface area (Å²) in [5.41, 5.74) is 0.570. The fourth-order valence-electron chi connectivity index (χ4n) is 1.77. The van der Waals surface area contributed by atoms with Crippen molar-refractivity contribution in [3.63, 3.8) is 0 Å². The molecule has 110 valence electrons. The second-order valence-electron chi connectivity index (χ2n) is 4.39. The van der Waals surface area contributed by atoms with Crippen LogP contribution in [0.5, 0.6) is 0 Å². The number of anilines is 1. The molecule has 0 bridgehead atoms. The number of nitrogens with one attached hydrogen (secondary N) is 1. The Labute approximate surface area is 126 Å². The lowest BCUT2D eigenvalue weighted by atomic mass is 10.2. The lowest BCUT2D eigenvalue weighted by Gasteiger charge is -2.11. The molecule has 0 unspecified atom stereocenters. The van der Waals surface area contributed by atoms with Gasteiger partial charge in [0.15, 0.2) is 0 Å². The predicted molar refractivity (Wildman–Crippen MR) is 80.4 cm³/mol. The first-order chi connectivity index (χ1) is 9.97.